The normalized spacial score (nSPS) is 11.0. The van der Waals surface area contributed by atoms with Crippen molar-refractivity contribution >= 4 is 21.6 Å². The minimum Gasteiger partial charge on any atom is -0.493 e. The van der Waals surface area contributed by atoms with Crippen molar-refractivity contribution in [3.05, 3.63) is 83.9 Å². The maximum absolute atomic E-state index is 13.5. The van der Waals surface area contributed by atoms with E-state index in [1.54, 1.807) is 18.2 Å². The average Bonchev–Trinajstić information content (AvgIpc) is 2.86. The van der Waals surface area contributed by atoms with Gasteiger partial charge < -0.3 is 14.8 Å². The Morgan fingerprint density at radius 3 is 2.38 bits per heavy atom. The predicted octanol–water partition coefficient (Wildman–Crippen LogP) is 3.45. The lowest BCUT2D eigenvalue weighted by Gasteiger charge is -2.22. The molecule has 176 valence electrons. The molecule has 3 rings (SSSR count). The predicted molar refractivity (Wildman–Crippen MR) is 128 cm³/mol. The Labute approximate surface area is 199 Å². The lowest BCUT2D eigenvalue weighted by Crippen LogP contribution is -2.39. The summed E-state index contributed by atoms with van der Waals surface area (Å²) in [6.45, 7) is -0.313. The minimum atomic E-state index is -4.04. The maximum atomic E-state index is 13.5. The fraction of sp³-hybridized carbons (Fsp3) is 0.200. The van der Waals surface area contributed by atoms with Crippen molar-refractivity contribution in [2.45, 2.75) is 11.3 Å². The van der Waals surface area contributed by atoms with Crippen molar-refractivity contribution < 1.29 is 22.7 Å². The minimum absolute atomic E-state index is 0.0162. The van der Waals surface area contributed by atoms with Gasteiger partial charge in [-0.2, -0.15) is 9.57 Å². The van der Waals surface area contributed by atoms with Gasteiger partial charge in [-0.05, 0) is 42.3 Å². The molecule has 8 nitrogen and oxygen atoms in total. The van der Waals surface area contributed by atoms with Crippen molar-refractivity contribution in [3.8, 4) is 17.6 Å². The Bertz CT molecular complexity index is 1290. The summed E-state index contributed by atoms with van der Waals surface area (Å²) in [6.07, 6.45) is 0.421. The molecule has 0 saturated carbocycles. The molecule has 0 aromatic heterocycles. The second-order valence-electron chi connectivity index (χ2n) is 7.33. The molecule has 9 heteroatoms. The number of ether oxygens (including phenoxy) is 2. The molecule has 0 saturated heterocycles. The van der Waals surface area contributed by atoms with Crippen molar-refractivity contribution in [1.29, 1.82) is 5.26 Å². The van der Waals surface area contributed by atoms with E-state index in [2.05, 4.69) is 5.32 Å². The van der Waals surface area contributed by atoms with Crippen LogP contribution < -0.4 is 14.8 Å². The van der Waals surface area contributed by atoms with Crippen LogP contribution in [0.1, 0.15) is 11.1 Å². The molecule has 0 atom stereocenters. The first-order valence-corrected chi connectivity index (χ1v) is 11.9. The maximum Gasteiger partial charge on any atom is 0.243 e. The number of hydrogen-bond donors (Lipinski definition) is 1. The summed E-state index contributed by atoms with van der Waals surface area (Å²) in [5.41, 5.74) is 1.74. The van der Waals surface area contributed by atoms with E-state index in [1.165, 1.54) is 38.5 Å². The van der Waals surface area contributed by atoms with Crippen LogP contribution in [0.4, 0.5) is 5.69 Å². The molecule has 0 radical (unpaired) electrons. The topological polar surface area (TPSA) is 109 Å². The van der Waals surface area contributed by atoms with Crippen molar-refractivity contribution in [2.24, 2.45) is 0 Å². The first kappa shape index (κ1) is 24.8. The van der Waals surface area contributed by atoms with Gasteiger partial charge in [0.2, 0.25) is 15.9 Å². The Hall–Kier alpha value is -3.87. The summed E-state index contributed by atoms with van der Waals surface area (Å²) in [6, 6.07) is 22.1. The molecule has 0 unspecified atom stereocenters. The van der Waals surface area contributed by atoms with Crippen LogP contribution in [0.3, 0.4) is 0 Å². The van der Waals surface area contributed by atoms with E-state index in [-0.39, 0.29) is 17.2 Å². The van der Waals surface area contributed by atoms with Crippen LogP contribution in [0.15, 0.2) is 77.7 Å². The van der Waals surface area contributed by atoms with Crippen LogP contribution in [0, 0.1) is 11.3 Å². The molecule has 0 aliphatic carbocycles. The summed E-state index contributed by atoms with van der Waals surface area (Å²) in [7, 11) is -1.16. The number of carbonyl (C=O) groups is 1. The summed E-state index contributed by atoms with van der Waals surface area (Å²) in [4.78, 5) is 12.8. The molecule has 1 amide bonds. The highest BCUT2D eigenvalue weighted by atomic mass is 32.2. The SMILES string of the molecule is COc1ccc(S(=O)(=O)N(CCc2ccccc2)CC(=O)Nc2cccc(C#N)c2)cc1OC. The highest BCUT2D eigenvalue weighted by Gasteiger charge is 2.28. The molecule has 0 fully saturated rings. The summed E-state index contributed by atoms with van der Waals surface area (Å²) in [5, 5.41) is 11.7. The third kappa shape index (κ3) is 6.13. The van der Waals surface area contributed by atoms with Gasteiger partial charge in [-0.15, -0.1) is 0 Å². The number of methoxy groups -OCH3 is 2. The number of rotatable bonds is 10. The van der Waals surface area contributed by atoms with E-state index in [1.807, 2.05) is 36.4 Å². The van der Waals surface area contributed by atoms with Gasteiger partial charge in [0.05, 0.1) is 37.3 Å². The molecular formula is C25H25N3O5S. The molecular weight excluding hydrogens is 454 g/mol. The zero-order valence-corrected chi connectivity index (χ0v) is 19.7. The van der Waals surface area contributed by atoms with E-state index in [9.17, 15) is 13.2 Å². The second-order valence-corrected chi connectivity index (χ2v) is 9.27. The quantitative estimate of drug-likeness (QED) is 0.477. The Kier molecular flexibility index (Phi) is 8.24. The molecule has 0 bridgehead atoms. The van der Waals surface area contributed by atoms with E-state index < -0.39 is 22.5 Å². The molecule has 34 heavy (non-hydrogen) atoms. The van der Waals surface area contributed by atoms with Crippen molar-refractivity contribution in [2.75, 3.05) is 32.6 Å². The fourth-order valence-corrected chi connectivity index (χ4v) is 4.75. The molecule has 0 aliphatic rings. The summed E-state index contributed by atoms with van der Waals surface area (Å²) in [5.74, 6) is 0.143. The Morgan fingerprint density at radius 1 is 0.971 bits per heavy atom. The fourth-order valence-electron chi connectivity index (χ4n) is 3.34. The monoisotopic (exact) mass is 479 g/mol. The number of carbonyl (C=O) groups excluding carboxylic acids is 1. The molecule has 0 spiro atoms. The standard InChI is InChI=1S/C25H25N3O5S/c1-32-23-12-11-22(16-24(23)33-2)34(30,31)28(14-13-19-7-4-3-5-8-19)18-25(29)27-21-10-6-9-20(15-21)17-26/h3-12,15-16H,13-14,18H2,1-2H3,(H,27,29). The van der Waals surface area contributed by atoms with E-state index in [4.69, 9.17) is 14.7 Å². The first-order chi connectivity index (χ1) is 16.4. The number of nitrogens with zero attached hydrogens (tertiary/aromatic N) is 2. The first-order valence-electron chi connectivity index (χ1n) is 10.4. The van der Waals surface area contributed by atoms with Crippen LogP contribution in [0.2, 0.25) is 0 Å². The second kappa shape index (κ2) is 11.3. The molecule has 0 heterocycles. The number of hydrogen-bond acceptors (Lipinski definition) is 6. The third-order valence-electron chi connectivity index (χ3n) is 5.08. The van der Waals surface area contributed by atoms with Gasteiger partial charge >= 0.3 is 0 Å². The van der Waals surface area contributed by atoms with Crippen molar-refractivity contribution in [3.63, 3.8) is 0 Å². The highest BCUT2D eigenvalue weighted by Crippen LogP contribution is 2.30. The van der Waals surface area contributed by atoms with Crippen LogP contribution in [0.25, 0.3) is 0 Å². The third-order valence-corrected chi connectivity index (χ3v) is 6.92. The number of anilines is 1. The Balaban J connectivity index is 1.87. The van der Waals surface area contributed by atoms with Crippen molar-refractivity contribution in [1.82, 2.24) is 4.31 Å². The number of nitrogens with one attached hydrogen (secondary N) is 1. The van der Waals surface area contributed by atoms with Gasteiger partial charge in [-0.1, -0.05) is 36.4 Å². The molecule has 1 N–H and O–H groups in total. The zero-order chi connectivity index (χ0) is 24.6. The smallest absolute Gasteiger partial charge is 0.243 e. The van der Waals surface area contributed by atoms with Gasteiger partial charge in [0.1, 0.15) is 0 Å². The van der Waals surface area contributed by atoms with Gasteiger partial charge in [0.15, 0.2) is 11.5 Å². The van der Waals surface area contributed by atoms with E-state index in [0.717, 1.165) is 9.87 Å². The van der Waals surface area contributed by atoms with Crippen LogP contribution >= 0.6 is 0 Å². The van der Waals surface area contributed by atoms with E-state index in [0.29, 0.717) is 23.4 Å². The number of benzene rings is 3. The van der Waals surface area contributed by atoms with Gasteiger partial charge in [0, 0.05) is 18.3 Å². The summed E-state index contributed by atoms with van der Waals surface area (Å²) < 4.78 is 38.6. The largest absolute Gasteiger partial charge is 0.493 e. The van der Waals surface area contributed by atoms with Crippen LogP contribution in [0.5, 0.6) is 11.5 Å². The number of sulfonamides is 1. The average molecular weight is 480 g/mol. The Morgan fingerprint density at radius 2 is 1.71 bits per heavy atom. The number of nitriles is 1. The number of amides is 1. The molecule has 3 aromatic carbocycles. The highest BCUT2D eigenvalue weighted by molar-refractivity contribution is 7.89. The van der Waals surface area contributed by atoms with Gasteiger partial charge in [-0.25, -0.2) is 8.42 Å². The zero-order valence-electron chi connectivity index (χ0n) is 18.9. The molecule has 3 aromatic rings. The van der Waals surface area contributed by atoms with E-state index >= 15 is 0 Å². The lowest BCUT2D eigenvalue weighted by atomic mass is 10.1. The van der Waals surface area contributed by atoms with Gasteiger partial charge in [-0.3, -0.25) is 4.79 Å². The molecule has 0 aliphatic heterocycles. The van der Waals surface area contributed by atoms with Crippen LogP contribution in [-0.4, -0.2) is 45.9 Å². The van der Waals surface area contributed by atoms with Crippen LogP contribution in [-0.2, 0) is 21.2 Å². The lowest BCUT2D eigenvalue weighted by molar-refractivity contribution is -0.116. The summed E-state index contributed by atoms with van der Waals surface area (Å²) >= 11 is 0. The van der Waals surface area contributed by atoms with Gasteiger partial charge in [0.25, 0.3) is 0 Å².